The Kier molecular flexibility index (Phi) is 11.6. The molecular formula is C31H39N3O7S. The Bertz CT molecular complexity index is 1450. The van der Waals surface area contributed by atoms with Gasteiger partial charge in [0.05, 0.1) is 31.9 Å². The maximum Gasteiger partial charge on any atom is 0.264 e. The van der Waals surface area contributed by atoms with Gasteiger partial charge in [-0.25, -0.2) is 8.42 Å². The predicted molar refractivity (Wildman–Crippen MR) is 161 cm³/mol. The summed E-state index contributed by atoms with van der Waals surface area (Å²) in [6, 6.07) is 18.8. The highest BCUT2D eigenvalue weighted by molar-refractivity contribution is 7.92. The van der Waals surface area contributed by atoms with E-state index in [1.54, 1.807) is 62.6 Å². The molecule has 0 heterocycles. The van der Waals surface area contributed by atoms with E-state index in [4.69, 9.17) is 14.2 Å². The summed E-state index contributed by atoms with van der Waals surface area (Å²) in [5.74, 6) is 0.280. The van der Waals surface area contributed by atoms with Gasteiger partial charge in [-0.05, 0) is 55.3 Å². The largest absolute Gasteiger partial charge is 0.497 e. The van der Waals surface area contributed by atoms with Gasteiger partial charge < -0.3 is 24.4 Å². The smallest absolute Gasteiger partial charge is 0.264 e. The molecule has 10 nitrogen and oxygen atoms in total. The highest BCUT2D eigenvalue weighted by Crippen LogP contribution is 2.36. The van der Waals surface area contributed by atoms with Crippen LogP contribution < -0.4 is 23.8 Å². The van der Waals surface area contributed by atoms with E-state index in [1.165, 1.54) is 37.3 Å². The number of unbranched alkanes of at least 4 members (excludes halogenated alkanes) is 1. The summed E-state index contributed by atoms with van der Waals surface area (Å²) < 4.78 is 45.3. The second-order valence-corrected chi connectivity index (χ2v) is 11.4. The van der Waals surface area contributed by atoms with E-state index in [0.29, 0.717) is 23.6 Å². The van der Waals surface area contributed by atoms with Crippen LogP contribution in [0.3, 0.4) is 0 Å². The molecule has 226 valence electrons. The Balaban J connectivity index is 2.08. The third-order valence-electron chi connectivity index (χ3n) is 6.75. The normalized spacial score (nSPS) is 11.7. The second-order valence-electron chi connectivity index (χ2n) is 9.56. The lowest BCUT2D eigenvalue weighted by molar-refractivity contribution is -0.139. The molecule has 0 unspecified atom stereocenters. The molecule has 0 bridgehead atoms. The van der Waals surface area contributed by atoms with Crippen molar-refractivity contribution in [2.45, 2.75) is 44.2 Å². The molecule has 0 saturated carbocycles. The zero-order valence-corrected chi connectivity index (χ0v) is 25.5. The molecule has 2 amide bonds. The number of carbonyl (C=O) groups excluding carboxylic acids is 2. The Morgan fingerprint density at radius 3 is 2.21 bits per heavy atom. The molecule has 1 N–H and O–H groups in total. The number of ether oxygens (including phenoxy) is 3. The molecule has 42 heavy (non-hydrogen) atoms. The Morgan fingerprint density at radius 2 is 1.57 bits per heavy atom. The van der Waals surface area contributed by atoms with Crippen molar-refractivity contribution in [3.63, 3.8) is 0 Å². The monoisotopic (exact) mass is 597 g/mol. The molecule has 0 saturated heterocycles. The number of benzene rings is 3. The lowest BCUT2D eigenvalue weighted by Crippen LogP contribution is -2.51. The van der Waals surface area contributed by atoms with E-state index in [2.05, 4.69) is 5.32 Å². The summed E-state index contributed by atoms with van der Waals surface area (Å²) in [6.45, 7) is 3.56. The number of rotatable bonds is 15. The van der Waals surface area contributed by atoms with E-state index >= 15 is 0 Å². The Morgan fingerprint density at radius 1 is 0.881 bits per heavy atom. The molecule has 0 fully saturated rings. The average Bonchev–Trinajstić information content (AvgIpc) is 3.02. The maximum atomic E-state index is 14.1. The summed E-state index contributed by atoms with van der Waals surface area (Å²) in [4.78, 5) is 28.6. The molecule has 0 aliphatic heterocycles. The molecule has 3 rings (SSSR count). The molecule has 0 aliphatic rings. The quantitative estimate of drug-likeness (QED) is 0.261. The van der Waals surface area contributed by atoms with Gasteiger partial charge >= 0.3 is 0 Å². The average molecular weight is 598 g/mol. The number of nitrogens with zero attached hydrogens (tertiary/aromatic N) is 2. The van der Waals surface area contributed by atoms with Crippen molar-refractivity contribution in [1.82, 2.24) is 10.2 Å². The first-order chi connectivity index (χ1) is 20.2. The minimum absolute atomic E-state index is 0.00706. The first kappa shape index (κ1) is 32.3. The zero-order chi connectivity index (χ0) is 30.7. The standard InChI is InChI=1S/C31H39N3O7S/c1-6-7-18-32-31(36)23(2)33(21-24-12-11-13-25(19-24)39-3)30(35)22-34(42(37,38)27-14-9-8-10-15-27)28-20-26(40-4)16-17-29(28)41-5/h8-17,19-20,23H,6-7,18,21-22H2,1-5H3,(H,32,36)/t23-/m1/s1. The van der Waals surface area contributed by atoms with Crippen LogP contribution in [-0.2, 0) is 26.2 Å². The number of carbonyl (C=O) groups is 2. The molecule has 0 radical (unpaired) electrons. The second kappa shape index (κ2) is 15.1. The van der Waals surface area contributed by atoms with Crippen LogP contribution in [0.5, 0.6) is 17.2 Å². The van der Waals surface area contributed by atoms with E-state index in [0.717, 1.165) is 17.1 Å². The number of anilines is 1. The van der Waals surface area contributed by atoms with E-state index in [9.17, 15) is 18.0 Å². The molecule has 0 aliphatic carbocycles. The summed E-state index contributed by atoms with van der Waals surface area (Å²) in [6.07, 6.45) is 1.69. The van der Waals surface area contributed by atoms with Gasteiger partial charge in [-0.2, -0.15) is 0 Å². The minimum Gasteiger partial charge on any atom is -0.497 e. The highest BCUT2D eigenvalue weighted by Gasteiger charge is 2.34. The van der Waals surface area contributed by atoms with Gasteiger partial charge in [-0.3, -0.25) is 13.9 Å². The van der Waals surface area contributed by atoms with Crippen molar-refractivity contribution in [1.29, 1.82) is 0 Å². The van der Waals surface area contributed by atoms with Crippen LogP contribution in [0.15, 0.2) is 77.7 Å². The third kappa shape index (κ3) is 7.94. The van der Waals surface area contributed by atoms with Crippen molar-refractivity contribution in [3.8, 4) is 17.2 Å². The number of methoxy groups -OCH3 is 3. The van der Waals surface area contributed by atoms with Crippen LogP contribution in [0.1, 0.15) is 32.3 Å². The Labute approximate surface area is 248 Å². The van der Waals surface area contributed by atoms with Crippen molar-refractivity contribution in [3.05, 3.63) is 78.4 Å². The number of amides is 2. The highest BCUT2D eigenvalue weighted by atomic mass is 32.2. The van der Waals surface area contributed by atoms with Crippen molar-refractivity contribution >= 4 is 27.5 Å². The first-order valence-corrected chi connectivity index (χ1v) is 15.1. The zero-order valence-electron chi connectivity index (χ0n) is 24.7. The van der Waals surface area contributed by atoms with Gasteiger partial charge in [-0.1, -0.05) is 43.7 Å². The van der Waals surface area contributed by atoms with Crippen LogP contribution in [0.4, 0.5) is 5.69 Å². The molecule has 1 atom stereocenters. The summed E-state index contributed by atoms with van der Waals surface area (Å²) >= 11 is 0. The SMILES string of the molecule is CCCCNC(=O)[C@@H](C)N(Cc1cccc(OC)c1)C(=O)CN(c1cc(OC)ccc1OC)S(=O)(=O)c1ccccc1. The van der Waals surface area contributed by atoms with Crippen LogP contribution in [0.2, 0.25) is 0 Å². The molecule has 0 spiro atoms. The lowest BCUT2D eigenvalue weighted by atomic mass is 10.1. The fraction of sp³-hybridized carbons (Fsp3) is 0.355. The first-order valence-electron chi connectivity index (χ1n) is 13.7. The number of sulfonamides is 1. The maximum absolute atomic E-state index is 14.1. The summed E-state index contributed by atoms with van der Waals surface area (Å²) in [5, 5.41) is 2.88. The van der Waals surface area contributed by atoms with Crippen molar-refractivity contribution < 1.29 is 32.2 Å². The van der Waals surface area contributed by atoms with E-state index in [-0.39, 0.29) is 28.8 Å². The van der Waals surface area contributed by atoms with Crippen molar-refractivity contribution in [2.24, 2.45) is 0 Å². The van der Waals surface area contributed by atoms with Crippen LogP contribution in [0, 0.1) is 0 Å². The fourth-order valence-electron chi connectivity index (χ4n) is 4.31. The molecule has 3 aromatic carbocycles. The van der Waals surface area contributed by atoms with Gasteiger partial charge in [0.25, 0.3) is 10.0 Å². The molecular weight excluding hydrogens is 558 g/mol. The van der Waals surface area contributed by atoms with Gasteiger partial charge in [0.2, 0.25) is 11.8 Å². The third-order valence-corrected chi connectivity index (χ3v) is 8.52. The minimum atomic E-state index is -4.26. The number of hydrogen-bond donors (Lipinski definition) is 1. The van der Waals surface area contributed by atoms with Crippen LogP contribution in [-0.4, -0.2) is 65.6 Å². The number of hydrogen-bond acceptors (Lipinski definition) is 7. The topological polar surface area (TPSA) is 114 Å². The van der Waals surface area contributed by atoms with Crippen LogP contribution >= 0.6 is 0 Å². The molecule has 3 aromatic rings. The fourth-order valence-corrected chi connectivity index (χ4v) is 5.75. The lowest BCUT2D eigenvalue weighted by Gasteiger charge is -2.32. The van der Waals surface area contributed by atoms with Gasteiger partial charge in [-0.15, -0.1) is 0 Å². The molecule has 11 heteroatoms. The number of nitrogens with one attached hydrogen (secondary N) is 1. The molecule has 0 aromatic heterocycles. The van der Waals surface area contributed by atoms with Crippen LogP contribution in [0.25, 0.3) is 0 Å². The van der Waals surface area contributed by atoms with Gasteiger partial charge in [0.1, 0.15) is 29.8 Å². The summed E-state index contributed by atoms with van der Waals surface area (Å²) in [7, 11) is 0.158. The predicted octanol–water partition coefficient (Wildman–Crippen LogP) is 4.24. The summed E-state index contributed by atoms with van der Waals surface area (Å²) in [5.41, 5.74) is 0.836. The van der Waals surface area contributed by atoms with Crippen molar-refractivity contribution in [2.75, 3.05) is 38.7 Å². The Hall–Kier alpha value is -4.25. The van der Waals surface area contributed by atoms with E-state index < -0.39 is 28.5 Å². The van der Waals surface area contributed by atoms with E-state index in [1.807, 2.05) is 13.0 Å². The van der Waals surface area contributed by atoms with Gasteiger partial charge in [0, 0.05) is 19.2 Å². The van der Waals surface area contributed by atoms with Gasteiger partial charge in [0.15, 0.2) is 0 Å².